The van der Waals surface area contributed by atoms with Crippen molar-refractivity contribution in [2.24, 2.45) is 0 Å². The Balaban J connectivity index is 2.78. The molecule has 0 saturated carbocycles. The van der Waals surface area contributed by atoms with Crippen molar-refractivity contribution in [2.75, 3.05) is 7.11 Å². The molecule has 80 valence electrons. The maximum Gasteiger partial charge on any atom is 0.399 e. The van der Waals surface area contributed by atoms with Gasteiger partial charge in [-0.2, -0.15) is 4.74 Å². The summed E-state index contributed by atoms with van der Waals surface area (Å²) in [6, 6.07) is 9.22. The van der Waals surface area contributed by atoms with Crippen LogP contribution in [0.3, 0.4) is 0 Å². The fourth-order valence-corrected chi connectivity index (χ4v) is 1.12. The minimum absolute atomic E-state index is 0.0568. The van der Waals surface area contributed by atoms with Gasteiger partial charge >= 0.3 is 5.97 Å². The first-order valence-corrected chi connectivity index (χ1v) is 4.55. The van der Waals surface area contributed by atoms with Crippen molar-refractivity contribution in [3.63, 3.8) is 0 Å². The van der Waals surface area contributed by atoms with Crippen molar-refractivity contribution in [2.45, 2.75) is 13.5 Å². The van der Waals surface area contributed by atoms with Crippen LogP contribution in [-0.4, -0.2) is 23.5 Å². The predicted molar refractivity (Wildman–Crippen MR) is 56.5 cm³/mol. The van der Waals surface area contributed by atoms with E-state index in [0.717, 1.165) is 5.56 Å². The molecule has 0 N–H and O–H groups in total. The van der Waals surface area contributed by atoms with Crippen LogP contribution in [0.25, 0.3) is 0 Å². The third-order valence-corrected chi connectivity index (χ3v) is 2.02. The molecule has 1 rings (SSSR count). The van der Waals surface area contributed by atoms with E-state index in [2.05, 4.69) is 4.74 Å². The highest BCUT2D eigenvalue weighted by molar-refractivity contribution is 6.33. The van der Waals surface area contributed by atoms with Crippen LogP contribution in [0.5, 0.6) is 0 Å². The largest absolute Gasteiger partial charge is 0.623 e. The molecule has 1 aromatic rings. The van der Waals surface area contributed by atoms with Gasteiger partial charge in [0.25, 0.3) is 5.71 Å². The molecule has 4 heteroatoms. The van der Waals surface area contributed by atoms with Crippen LogP contribution in [-0.2, 0) is 16.1 Å². The Morgan fingerprint density at radius 3 is 2.53 bits per heavy atom. The van der Waals surface area contributed by atoms with E-state index in [1.54, 1.807) is 0 Å². The number of ether oxygens (including phenoxy) is 1. The Morgan fingerprint density at radius 1 is 1.40 bits per heavy atom. The van der Waals surface area contributed by atoms with E-state index in [-0.39, 0.29) is 12.3 Å². The van der Waals surface area contributed by atoms with E-state index in [4.69, 9.17) is 0 Å². The van der Waals surface area contributed by atoms with Crippen LogP contribution in [0.1, 0.15) is 12.5 Å². The molecule has 0 aliphatic carbocycles. The van der Waals surface area contributed by atoms with E-state index in [1.165, 1.54) is 14.0 Å². The Labute approximate surface area is 88.4 Å². The van der Waals surface area contributed by atoms with Gasteiger partial charge in [0.1, 0.15) is 0 Å². The molecular formula is C11H13NO3. The molecular weight excluding hydrogens is 194 g/mol. The van der Waals surface area contributed by atoms with Crippen LogP contribution < -0.4 is 0 Å². The second-order valence-corrected chi connectivity index (χ2v) is 3.10. The summed E-state index contributed by atoms with van der Waals surface area (Å²) < 4.78 is 5.08. The van der Waals surface area contributed by atoms with Gasteiger partial charge < -0.3 is 9.94 Å². The summed E-state index contributed by atoms with van der Waals surface area (Å²) in [7, 11) is 1.25. The van der Waals surface area contributed by atoms with Crippen LogP contribution in [0.2, 0.25) is 0 Å². The van der Waals surface area contributed by atoms with Gasteiger partial charge in [0, 0.05) is 12.5 Å². The van der Waals surface area contributed by atoms with Gasteiger partial charge in [-0.05, 0) is 0 Å². The number of methoxy groups -OCH3 is 1. The van der Waals surface area contributed by atoms with E-state index in [1.807, 2.05) is 30.3 Å². The van der Waals surface area contributed by atoms with E-state index < -0.39 is 5.97 Å². The molecule has 0 bridgehead atoms. The number of benzene rings is 1. The van der Waals surface area contributed by atoms with Crippen LogP contribution in [0.4, 0.5) is 0 Å². The fraction of sp³-hybridized carbons (Fsp3) is 0.273. The van der Waals surface area contributed by atoms with Crippen molar-refractivity contribution in [1.29, 1.82) is 0 Å². The number of hydroxylamine groups is 1. The topological polar surface area (TPSA) is 52.4 Å². The van der Waals surface area contributed by atoms with Gasteiger partial charge in [-0.3, -0.25) is 0 Å². The van der Waals surface area contributed by atoms with Gasteiger partial charge in [0.15, 0.2) is 6.54 Å². The monoisotopic (exact) mass is 207 g/mol. The third kappa shape index (κ3) is 3.09. The van der Waals surface area contributed by atoms with Crippen LogP contribution >= 0.6 is 0 Å². The van der Waals surface area contributed by atoms with Gasteiger partial charge in [-0.15, -0.1) is 0 Å². The molecule has 0 atom stereocenters. The van der Waals surface area contributed by atoms with Gasteiger partial charge in [-0.1, -0.05) is 30.3 Å². The molecule has 4 nitrogen and oxygen atoms in total. The SMILES string of the molecule is COC(=O)/C(C)=[N+](/[O-])Cc1ccccc1. The summed E-state index contributed by atoms with van der Waals surface area (Å²) in [5, 5.41) is 11.5. The second-order valence-electron chi connectivity index (χ2n) is 3.10. The first-order chi connectivity index (χ1) is 7.15. The maximum atomic E-state index is 11.5. The number of carbonyl (C=O) groups excluding carboxylic acids is 1. The molecule has 0 aromatic heterocycles. The molecule has 0 radical (unpaired) electrons. The van der Waals surface area contributed by atoms with Crippen molar-refractivity contribution >= 4 is 11.7 Å². The first-order valence-electron chi connectivity index (χ1n) is 4.55. The fourth-order valence-electron chi connectivity index (χ4n) is 1.12. The third-order valence-electron chi connectivity index (χ3n) is 2.02. The quantitative estimate of drug-likeness (QED) is 0.247. The number of hydrogen-bond acceptors (Lipinski definition) is 3. The Morgan fingerprint density at radius 2 is 2.00 bits per heavy atom. The summed E-state index contributed by atoms with van der Waals surface area (Å²) in [6.45, 7) is 1.60. The summed E-state index contributed by atoms with van der Waals surface area (Å²) in [5.41, 5.74) is 0.914. The standard InChI is InChI=1S/C11H13NO3/c1-9(11(13)15-2)12(14)8-10-6-4-3-5-7-10/h3-7H,8H2,1-2H3/b12-9+. The Hall–Kier alpha value is -1.84. The Bertz CT molecular complexity index is 371. The van der Waals surface area contributed by atoms with Crippen LogP contribution in [0, 0.1) is 5.21 Å². The Kier molecular flexibility index (Phi) is 3.85. The second kappa shape index (κ2) is 5.14. The minimum Gasteiger partial charge on any atom is -0.623 e. The highest BCUT2D eigenvalue weighted by Gasteiger charge is 2.14. The average Bonchev–Trinajstić information content (AvgIpc) is 2.28. The lowest BCUT2D eigenvalue weighted by atomic mass is 10.2. The van der Waals surface area contributed by atoms with Crippen LogP contribution in [0.15, 0.2) is 30.3 Å². The average molecular weight is 207 g/mol. The molecule has 0 amide bonds. The zero-order valence-corrected chi connectivity index (χ0v) is 8.77. The molecule has 0 aliphatic heterocycles. The van der Waals surface area contributed by atoms with E-state index in [0.29, 0.717) is 4.74 Å². The zero-order chi connectivity index (χ0) is 11.3. The van der Waals surface area contributed by atoms with E-state index in [9.17, 15) is 10.0 Å². The lowest BCUT2D eigenvalue weighted by Gasteiger charge is -2.06. The van der Waals surface area contributed by atoms with Gasteiger partial charge in [-0.25, -0.2) is 4.79 Å². The summed E-state index contributed by atoms with van der Waals surface area (Å²) in [4.78, 5) is 11.0. The smallest absolute Gasteiger partial charge is 0.399 e. The number of rotatable bonds is 3. The number of carbonyl (C=O) groups is 1. The molecule has 0 unspecified atom stereocenters. The van der Waals surface area contributed by atoms with Crippen molar-refractivity contribution < 1.29 is 14.3 Å². The molecule has 0 spiro atoms. The molecule has 0 saturated heterocycles. The lowest BCUT2D eigenvalue weighted by Crippen LogP contribution is -2.22. The van der Waals surface area contributed by atoms with Crippen molar-refractivity contribution in [1.82, 2.24) is 0 Å². The van der Waals surface area contributed by atoms with Gasteiger partial charge in [0.2, 0.25) is 0 Å². The number of hydrogen-bond donors (Lipinski definition) is 0. The molecule has 0 aliphatic rings. The highest BCUT2D eigenvalue weighted by Crippen LogP contribution is 2.00. The highest BCUT2D eigenvalue weighted by atomic mass is 16.5. The minimum atomic E-state index is -0.596. The molecule has 1 aromatic carbocycles. The van der Waals surface area contributed by atoms with Crippen molar-refractivity contribution in [3.8, 4) is 0 Å². The maximum absolute atomic E-state index is 11.5. The summed E-state index contributed by atoms with van der Waals surface area (Å²) in [5.74, 6) is -0.596. The van der Waals surface area contributed by atoms with Gasteiger partial charge in [0.05, 0.1) is 7.11 Å². The van der Waals surface area contributed by atoms with Crippen molar-refractivity contribution in [3.05, 3.63) is 41.1 Å². The molecule has 0 heterocycles. The number of esters is 1. The summed E-state index contributed by atoms with van der Waals surface area (Å²) >= 11 is 0. The predicted octanol–water partition coefficient (Wildman–Crippen LogP) is 1.33. The lowest BCUT2D eigenvalue weighted by molar-refractivity contribution is -0.474. The number of nitrogens with zero attached hydrogens (tertiary/aromatic N) is 1. The first kappa shape index (κ1) is 11.2. The molecule has 0 fully saturated rings. The molecule has 15 heavy (non-hydrogen) atoms. The summed E-state index contributed by atoms with van der Waals surface area (Å²) in [6.07, 6.45) is 0. The normalized spacial score (nSPS) is 11.9. The zero-order valence-electron chi connectivity index (χ0n) is 8.77. The van der Waals surface area contributed by atoms with E-state index >= 15 is 0 Å².